The first-order valence-electron chi connectivity index (χ1n) is 13.7. The van der Waals surface area contributed by atoms with Crippen molar-refractivity contribution in [2.75, 3.05) is 11.1 Å². The normalized spacial score (nSPS) is 14.5. The lowest BCUT2D eigenvalue weighted by atomic mass is 9.73. The molecule has 3 heterocycles. The van der Waals surface area contributed by atoms with E-state index in [4.69, 9.17) is 27.5 Å². The molecular weight excluding hydrogens is 534 g/mol. The molecule has 0 unspecified atom stereocenters. The minimum Gasteiger partial charge on any atom is -0.383 e. The molecule has 1 saturated carbocycles. The smallest absolute Gasteiger partial charge is 0.229 e. The van der Waals surface area contributed by atoms with Crippen molar-refractivity contribution in [3.8, 4) is 28.3 Å². The van der Waals surface area contributed by atoms with Gasteiger partial charge in [-0.15, -0.1) is 0 Å². The van der Waals surface area contributed by atoms with Crippen LogP contribution in [0, 0.1) is 5.41 Å². The molecule has 0 bridgehead atoms. The highest BCUT2D eigenvalue weighted by Crippen LogP contribution is 2.42. The van der Waals surface area contributed by atoms with Gasteiger partial charge in [0.1, 0.15) is 11.3 Å². The Morgan fingerprint density at radius 1 is 1.00 bits per heavy atom. The summed E-state index contributed by atoms with van der Waals surface area (Å²) in [5.41, 5.74) is 12.2. The molecule has 0 radical (unpaired) electrons. The predicted molar refractivity (Wildman–Crippen MR) is 165 cm³/mol. The Labute approximate surface area is 244 Å². The van der Waals surface area contributed by atoms with Gasteiger partial charge >= 0.3 is 0 Å². The van der Waals surface area contributed by atoms with Crippen LogP contribution in [0.15, 0.2) is 79.0 Å². The number of aromatic nitrogens is 4. The van der Waals surface area contributed by atoms with Gasteiger partial charge in [-0.2, -0.15) is 0 Å². The summed E-state index contributed by atoms with van der Waals surface area (Å²) in [6.45, 7) is 5.67. The molecule has 1 aliphatic rings. The first-order chi connectivity index (χ1) is 19.7. The van der Waals surface area contributed by atoms with E-state index in [1.807, 2.05) is 73.9 Å². The number of fused-ring (bicyclic) bond motifs is 1. The van der Waals surface area contributed by atoms with Crippen LogP contribution in [0.3, 0.4) is 0 Å². The average molecular weight is 566 g/mol. The zero-order valence-electron chi connectivity index (χ0n) is 23.3. The van der Waals surface area contributed by atoms with Gasteiger partial charge in [0.25, 0.3) is 0 Å². The fraction of sp³-hybridized carbons (Fsp3) is 0.250. The molecule has 0 saturated heterocycles. The number of imidazole rings is 1. The van der Waals surface area contributed by atoms with Crippen LogP contribution in [0.4, 0.5) is 11.5 Å². The molecule has 4 N–H and O–H groups in total. The van der Waals surface area contributed by atoms with Crippen LogP contribution in [-0.2, 0) is 10.3 Å². The van der Waals surface area contributed by atoms with Crippen molar-refractivity contribution in [1.82, 2.24) is 24.4 Å². The Bertz CT molecular complexity index is 1750. The summed E-state index contributed by atoms with van der Waals surface area (Å²) in [7, 11) is 0. The first kappa shape index (κ1) is 26.9. The minimum absolute atomic E-state index is 0.0497. The van der Waals surface area contributed by atoms with Crippen LogP contribution in [0.25, 0.3) is 39.5 Å². The number of amides is 1. The maximum Gasteiger partial charge on any atom is 0.229 e. The first-order valence-corrected chi connectivity index (χ1v) is 14.1. The SMILES string of the molecule is CC(C)(C)C(=O)Nc1cccc(-c2ccc3nc(-c4cccnc4N)n(-c4ccc(C5(NCl)CCC5)cc4)c3n2)c1. The number of nitrogen functional groups attached to an aromatic ring is 1. The standard InChI is InChI=1S/C32H32ClN7O/c1-31(2,3)30(41)36-22-8-4-7-20(19-22)25-14-15-26-29(37-25)40(28(38-26)24-9-5-18-35-27(24)34)23-12-10-21(11-13-23)32(39-33)16-6-17-32/h4-5,7-15,18-19,39H,6,16-17H2,1-3H3,(H2,34,35)(H,36,41). The van der Waals surface area contributed by atoms with E-state index in [9.17, 15) is 4.79 Å². The van der Waals surface area contributed by atoms with Crippen molar-refractivity contribution < 1.29 is 4.79 Å². The third kappa shape index (κ3) is 4.94. The van der Waals surface area contributed by atoms with E-state index >= 15 is 0 Å². The molecule has 1 aliphatic carbocycles. The van der Waals surface area contributed by atoms with Crippen LogP contribution in [0.2, 0.25) is 0 Å². The molecule has 41 heavy (non-hydrogen) atoms. The molecule has 0 atom stereocenters. The van der Waals surface area contributed by atoms with E-state index in [0.717, 1.165) is 58.5 Å². The number of hydrogen-bond acceptors (Lipinski definition) is 6. The van der Waals surface area contributed by atoms with Crippen LogP contribution in [0.1, 0.15) is 45.6 Å². The second kappa shape index (κ2) is 10.3. The number of pyridine rings is 2. The Morgan fingerprint density at radius 2 is 1.78 bits per heavy atom. The van der Waals surface area contributed by atoms with Crippen molar-refractivity contribution >= 4 is 40.4 Å². The van der Waals surface area contributed by atoms with Crippen LogP contribution < -0.4 is 15.9 Å². The quantitative estimate of drug-likeness (QED) is 0.194. The zero-order chi connectivity index (χ0) is 28.8. The average Bonchev–Trinajstić information content (AvgIpc) is 3.31. The Hall–Kier alpha value is -4.27. The third-order valence-corrected chi connectivity index (χ3v) is 8.11. The lowest BCUT2D eigenvalue weighted by Gasteiger charge is -2.41. The van der Waals surface area contributed by atoms with Crippen molar-refractivity contribution in [3.63, 3.8) is 0 Å². The number of halogens is 1. The lowest BCUT2D eigenvalue weighted by Crippen LogP contribution is -2.43. The fourth-order valence-corrected chi connectivity index (χ4v) is 5.42. The van der Waals surface area contributed by atoms with Gasteiger partial charge in [0.15, 0.2) is 11.5 Å². The number of nitrogens with zero attached hydrogens (tertiary/aromatic N) is 4. The summed E-state index contributed by atoms with van der Waals surface area (Å²) in [5, 5.41) is 3.01. The van der Waals surface area contributed by atoms with E-state index in [1.54, 1.807) is 6.20 Å². The molecular formula is C32H32ClN7O. The zero-order valence-corrected chi connectivity index (χ0v) is 24.0. The van der Waals surface area contributed by atoms with E-state index < -0.39 is 5.41 Å². The maximum atomic E-state index is 12.6. The molecule has 0 spiro atoms. The summed E-state index contributed by atoms with van der Waals surface area (Å²) < 4.78 is 2.02. The summed E-state index contributed by atoms with van der Waals surface area (Å²) >= 11 is 6.15. The molecule has 6 rings (SSSR count). The van der Waals surface area contributed by atoms with Crippen molar-refractivity contribution in [1.29, 1.82) is 0 Å². The lowest BCUT2D eigenvalue weighted by molar-refractivity contribution is -0.123. The molecule has 1 amide bonds. The van der Waals surface area contributed by atoms with Gasteiger partial charge in [0.05, 0.1) is 16.8 Å². The van der Waals surface area contributed by atoms with Crippen molar-refractivity contribution in [3.05, 3.63) is 84.6 Å². The monoisotopic (exact) mass is 565 g/mol. The van der Waals surface area contributed by atoms with E-state index in [0.29, 0.717) is 17.3 Å². The topological polar surface area (TPSA) is 111 Å². The second-order valence-corrected chi connectivity index (χ2v) is 11.8. The van der Waals surface area contributed by atoms with Gasteiger partial charge in [-0.3, -0.25) is 9.36 Å². The van der Waals surface area contributed by atoms with E-state index in [-0.39, 0.29) is 11.4 Å². The number of nitrogens with two attached hydrogens (primary N) is 1. The van der Waals surface area contributed by atoms with Gasteiger partial charge < -0.3 is 11.1 Å². The van der Waals surface area contributed by atoms with Crippen LogP contribution in [0.5, 0.6) is 0 Å². The van der Waals surface area contributed by atoms with Gasteiger partial charge in [0, 0.05) is 28.6 Å². The highest BCUT2D eigenvalue weighted by atomic mass is 35.5. The second-order valence-electron chi connectivity index (χ2n) is 11.6. The Balaban J connectivity index is 1.47. The van der Waals surface area contributed by atoms with Gasteiger partial charge in [0.2, 0.25) is 5.91 Å². The Kier molecular flexibility index (Phi) is 6.76. The number of anilines is 2. The van der Waals surface area contributed by atoms with Crippen molar-refractivity contribution in [2.24, 2.45) is 5.41 Å². The highest BCUT2D eigenvalue weighted by molar-refractivity contribution is 6.14. The number of nitrogens with one attached hydrogen (secondary N) is 2. The summed E-state index contributed by atoms with van der Waals surface area (Å²) in [6.07, 6.45) is 4.81. The molecule has 8 nitrogen and oxygen atoms in total. The number of hydrogen-bond donors (Lipinski definition) is 3. The minimum atomic E-state index is -0.502. The number of benzene rings is 2. The van der Waals surface area contributed by atoms with Gasteiger partial charge in [-0.05, 0) is 85.1 Å². The van der Waals surface area contributed by atoms with Crippen LogP contribution in [-0.4, -0.2) is 25.4 Å². The molecule has 0 aliphatic heterocycles. The van der Waals surface area contributed by atoms with Gasteiger partial charge in [-0.25, -0.2) is 19.8 Å². The fourth-order valence-electron chi connectivity index (χ4n) is 5.12. The molecule has 2 aromatic carbocycles. The number of carbonyl (C=O) groups excluding carboxylic acids is 1. The number of rotatable bonds is 6. The van der Waals surface area contributed by atoms with E-state index in [1.165, 1.54) is 0 Å². The summed E-state index contributed by atoms with van der Waals surface area (Å²) in [5.74, 6) is 0.998. The van der Waals surface area contributed by atoms with Crippen molar-refractivity contribution in [2.45, 2.75) is 45.6 Å². The highest BCUT2D eigenvalue weighted by Gasteiger charge is 2.38. The molecule has 1 fully saturated rings. The third-order valence-electron chi connectivity index (χ3n) is 7.75. The molecule has 9 heteroatoms. The number of carbonyl (C=O) groups is 1. The van der Waals surface area contributed by atoms with E-state index in [2.05, 4.69) is 39.4 Å². The predicted octanol–water partition coefficient (Wildman–Crippen LogP) is 6.84. The molecule has 208 valence electrons. The molecule has 3 aromatic heterocycles. The van der Waals surface area contributed by atoms with Gasteiger partial charge in [-0.1, -0.05) is 45.0 Å². The summed E-state index contributed by atoms with van der Waals surface area (Å²) in [6, 6.07) is 23.7. The Morgan fingerprint density at radius 3 is 2.44 bits per heavy atom. The van der Waals surface area contributed by atoms with Crippen LogP contribution >= 0.6 is 11.8 Å². The summed E-state index contributed by atoms with van der Waals surface area (Å²) in [4.78, 5) is 29.9. The molecule has 5 aromatic rings. The maximum absolute atomic E-state index is 12.6. The largest absolute Gasteiger partial charge is 0.383 e.